The summed E-state index contributed by atoms with van der Waals surface area (Å²) in [6.45, 7) is 7.93. The van der Waals surface area contributed by atoms with Gasteiger partial charge in [0.05, 0.1) is 0 Å². The van der Waals surface area contributed by atoms with E-state index >= 15 is 0 Å². The summed E-state index contributed by atoms with van der Waals surface area (Å²) in [5.41, 5.74) is 6.76. The Bertz CT molecular complexity index is 530. The topological polar surface area (TPSA) is 55.0 Å². The Kier molecular flexibility index (Phi) is 4.73. The van der Waals surface area contributed by atoms with Crippen molar-refractivity contribution in [2.45, 2.75) is 32.6 Å². The summed E-state index contributed by atoms with van der Waals surface area (Å²) in [6.07, 6.45) is 0.930. The lowest BCUT2D eigenvalue weighted by molar-refractivity contribution is 0.554. The largest absolute Gasteiger partial charge is 0.330 e. The molecule has 4 nitrogen and oxygen atoms in total. The second-order valence-corrected chi connectivity index (χ2v) is 6.51. The number of aromatic nitrogens is 2. The van der Waals surface area contributed by atoms with Crippen molar-refractivity contribution in [3.8, 4) is 0 Å². The van der Waals surface area contributed by atoms with Crippen LogP contribution in [-0.2, 0) is 5.41 Å². The SMILES string of the molecule is CC(C)(C)c1nsc(N(CCCN)c2ccccc2)n1. The number of hydrogen-bond donors (Lipinski definition) is 1. The van der Waals surface area contributed by atoms with Gasteiger partial charge in [0.25, 0.3) is 0 Å². The fourth-order valence-corrected chi connectivity index (χ4v) is 2.73. The van der Waals surface area contributed by atoms with Gasteiger partial charge >= 0.3 is 0 Å². The summed E-state index contributed by atoms with van der Waals surface area (Å²) in [4.78, 5) is 6.90. The fraction of sp³-hybridized carbons (Fsp3) is 0.467. The van der Waals surface area contributed by atoms with Gasteiger partial charge in [-0.15, -0.1) is 0 Å². The monoisotopic (exact) mass is 290 g/mol. The molecule has 0 atom stereocenters. The molecule has 2 aromatic rings. The van der Waals surface area contributed by atoms with Crippen LogP contribution in [0.4, 0.5) is 10.8 Å². The number of nitrogens with two attached hydrogens (primary N) is 1. The molecule has 108 valence electrons. The zero-order chi connectivity index (χ0) is 14.6. The molecule has 0 aliphatic heterocycles. The van der Waals surface area contributed by atoms with E-state index in [1.54, 1.807) is 0 Å². The molecule has 0 fully saturated rings. The second-order valence-electron chi connectivity index (χ2n) is 5.78. The predicted octanol–water partition coefficient (Wildman–Crippen LogP) is 3.32. The van der Waals surface area contributed by atoms with Crippen molar-refractivity contribution in [2.24, 2.45) is 5.73 Å². The molecule has 1 aromatic heterocycles. The molecular formula is C15H22N4S. The van der Waals surface area contributed by atoms with Crippen LogP contribution in [0.1, 0.15) is 33.0 Å². The van der Waals surface area contributed by atoms with Crippen molar-refractivity contribution < 1.29 is 0 Å². The van der Waals surface area contributed by atoms with E-state index in [4.69, 9.17) is 10.7 Å². The predicted molar refractivity (Wildman–Crippen MR) is 85.7 cm³/mol. The Labute approximate surface area is 124 Å². The number of anilines is 2. The maximum Gasteiger partial charge on any atom is 0.209 e. The Morgan fingerprint density at radius 3 is 2.45 bits per heavy atom. The zero-order valence-electron chi connectivity index (χ0n) is 12.3. The maximum absolute atomic E-state index is 5.65. The lowest BCUT2D eigenvalue weighted by Gasteiger charge is -2.21. The first kappa shape index (κ1) is 14.9. The van der Waals surface area contributed by atoms with Crippen LogP contribution in [0.3, 0.4) is 0 Å². The molecule has 0 spiro atoms. The Balaban J connectivity index is 2.29. The van der Waals surface area contributed by atoms with Crippen LogP contribution in [0.15, 0.2) is 30.3 Å². The highest BCUT2D eigenvalue weighted by Gasteiger charge is 2.22. The number of hydrogen-bond acceptors (Lipinski definition) is 5. The molecule has 2 N–H and O–H groups in total. The quantitative estimate of drug-likeness (QED) is 0.917. The Morgan fingerprint density at radius 2 is 1.90 bits per heavy atom. The normalized spacial score (nSPS) is 11.6. The van der Waals surface area contributed by atoms with Crippen LogP contribution in [0.5, 0.6) is 0 Å². The van der Waals surface area contributed by atoms with Crippen molar-refractivity contribution in [1.82, 2.24) is 9.36 Å². The summed E-state index contributed by atoms with van der Waals surface area (Å²) >= 11 is 1.45. The molecule has 0 bridgehead atoms. The van der Waals surface area contributed by atoms with E-state index in [0.29, 0.717) is 6.54 Å². The molecule has 0 amide bonds. The minimum Gasteiger partial charge on any atom is -0.330 e. The molecule has 5 heteroatoms. The molecule has 20 heavy (non-hydrogen) atoms. The summed E-state index contributed by atoms with van der Waals surface area (Å²) in [5, 5.41) is 0.939. The molecule has 2 rings (SSSR count). The minimum atomic E-state index is -0.0228. The third-order valence-electron chi connectivity index (χ3n) is 2.97. The third-order valence-corrected chi connectivity index (χ3v) is 3.71. The summed E-state index contributed by atoms with van der Waals surface area (Å²) in [6, 6.07) is 10.3. The van der Waals surface area contributed by atoms with E-state index in [9.17, 15) is 0 Å². The molecule has 0 aliphatic rings. The zero-order valence-corrected chi connectivity index (χ0v) is 13.2. The molecule has 1 heterocycles. The third kappa shape index (κ3) is 3.55. The van der Waals surface area contributed by atoms with E-state index in [0.717, 1.165) is 29.6 Å². The average Bonchev–Trinajstić information content (AvgIpc) is 2.90. The van der Waals surface area contributed by atoms with Gasteiger partial charge in [-0.1, -0.05) is 39.0 Å². The lowest BCUT2D eigenvalue weighted by atomic mass is 9.96. The Hall–Kier alpha value is -1.46. The molecule has 1 aromatic carbocycles. The Morgan fingerprint density at radius 1 is 1.20 bits per heavy atom. The maximum atomic E-state index is 5.65. The van der Waals surface area contributed by atoms with Gasteiger partial charge in [0, 0.05) is 29.2 Å². The number of rotatable bonds is 5. The van der Waals surface area contributed by atoms with Gasteiger partial charge < -0.3 is 10.6 Å². The number of para-hydroxylation sites is 1. The number of nitrogens with zero attached hydrogens (tertiary/aromatic N) is 3. The van der Waals surface area contributed by atoms with Crippen LogP contribution < -0.4 is 10.6 Å². The summed E-state index contributed by atoms with van der Waals surface area (Å²) in [5.74, 6) is 0.895. The highest BCUT2D eigenvalue weighted by Crippen LogP contribution is 2.30. The lowest BCUT2D eigenvalue weighted by Crippen LogP contribution is -2.21. The van der Waals surface area contributed by atoms with E-state index in [1.807, 2.05) is 18.2 Å². The van der Waals surface area contributed by atoms with Crippen molar-refractivity contribution in [1.29, 1.82) is 0 Å². The van der Waals surface area contributed by atoms with Crippen LogP contribution in [0.25, 0.3) is 0 Å². The van der Waals surface area contributed by atoms with E-state index in [1.165, 1.54) is 11.5 Å². The summed E-state index contributed by atoms with van der Waals surface area (Å²) < 4.78 is 4.50. The van der Waals surface area contributed by atoms with Crippen LogP contribution >= 0.6 is 11.5 Å². The molecule has 0 radical (unpaired) electrons. The highest BCUT2D eigenvalue weighted by atomic mass is 32.1. The van der Waals surface area contributed by atoms with E-state index in [-0.39, 0.29) is 5.41 Å². The van der Waals surface area contributed by atoms with Gasteiger partial charge in [-0.3, -0.25) is 0 Å². The first-order valence-electron chi connectivity index (χ1n) is 6.89. The standard InChI is InChI=1S/C15H22N4S/c1-15(2,3)13-17-14(20-18-13)19(11-7-10-16)12-8-5-4-6-9-12/h4-6,8-9H,7,10-11,16H2,1-3H3. The second kappa shape index (κ2) is 6.33. The first-order valence-corrected chi connectivity index (χ1v) is 7.66. The first-order chi connectivity index (χ1) is 9.52. The van der Waals surface area contributed by atoms with Gasteiger partial charge in [0.1, 0.15) is 5.82 Å². The van der Waals surface area contributed by atoms with Gasteiger partial charge in [-0.25, -0.2) is 4.98 Å². The van der Waals surface area contributed by atoms with Crippen LogP contribution in [0, 0.1) is 0 Å². The van der Waals surface area contributed by atoms with Crippen LogP contribution in [-0.4, -0.2) is 22.4 Å². The average molecular weight is 290 g/mol. The van der Waals surface area contributed by atoms with Gasteiger partial charge in [-0.2, -0.15) is 4.37 Å². The van der Waals surface area contributed by atoms with Gasteiger partial charge in [0.2, 0.25) is 5.13 Å². The molecule has 0 unspecified atom stereocenters. The highest BCUT2D eigenvalue weighted by molar-refractivity contribution is 7.09. The molecule has 0 saturated carbocycles. The van der Waals surface area contributed by atoms with Crippen molar-refractivity contribution >= 4 is 22.4 Å². The smallest absolute Gasteiger partial charge is 0.209 e. The van der Waals surface area contributed by atoms with Crippen molar-refractivity contribution in [3.63, 3.8) is 0 Å². The molecular weight excluding hydrogens is 268 g/mol. The minimum absolute atomic E-state index is 0.0228. The van der Waals surface area contributed by atoms with Gasteiger partial charge in [0.15, 0.2) is 0 Å². The van der Waals surface area contributed by atoms with E-state index in [2.05, 4.69) is 42.2 Å². The van der Waals surface area contributed by atoms with Crippen LogP contribution in [0.2, 0.25) is 0 Å². The number of benzene rings is 1. The fourth-order valence-electron chi connectivity index (χ4n) is 1.82. The molecule has 0 saturated heterocycles. The van der Waals surface area contributed by atoms with E-state index < -0.39 is 0 Å². The molecule has 0 aliphatic carbocycles. The summed E-state index contributed by atoms with van der Waals surface area (Å²) in [7, 11) is 0. The van der Waals surface area contributed by atoms with Crippen molar-refractivity contribution in [3.05, 3.63) is 36.2 Å². The van der Waals surface area contributed by atoms with Crippen molar-refractivity contribution in [2.75, 3.05) is 18.0 Å². The van der Waals surface area contributed by atoms with Gasteiger partial charge in [-0.05, 0) is 25.1 Å².